The maximum atomic E-state index is 5.94. The molecule has 0 aliphatic carbocycles. The van der Waals surface area contributed by atoms with E-state index >= 15 is 0 Å². The molecule has 14 heavy (non-hydrogen) atoms. The lowest BCUT2D eigenvalue weighted by Crippen LogP contribution is -2.34. The molecule has 0 fully saturated rings. The van der Waals surface area contributed by atoms with Crippen molar-refractivity contribution in [3.8, 4) is 0 Å². The zero-order chi connectivity index (χ0) is 10.6. The highest BCUT2D eigenvalue weighted by molar-refractivity contribution is 7.80. The molecule has 1 aromatic rings. The number of thiophene rings is 1. The monoisotopic (exact) mass is 268 g/mol. The Hall–Kier alpha value is -0.0300. The summed E-state index contributed by atoms with van der Waals surface area (Å²) in [5.74, 6) is 0. The Morgan fingerprint density at radius 1 is 1.50 bits per heavy atom. The van der Waals surface area contributed by atoms with Gasteiger partial charge in [0, 0.05) is 18.7 Å². The highest BCUT2D eigenvalue weighted by Gasteiger charge is 2.05. The van der Waals surface area contributed by atoms with Gasteiger partial charge in [-0.25, -0.2) is 0 Å². The van der Waals surface area contributed by atoms with Crippen LogP contribution in [0.1, 0.15) is 12.5 Å². The van der Waals surface area contributed by atoms with Gasteiger partial charge in [0.2, 0.25) is 0 Å². The van der Waals surface area contributed by atoms with E-state index < -0.39 is 0 Å². The van der Waals surface area contributed by atoms with Crippen LogP contribution in [0.15, 0.2) is 6.07 Å². The van der Waals surface area contributed by atoms with Gasteiger partial charge in [-0.2, -0.15) is 0 Å². The highest BCUT2D eigenvalue weighted by atomic mass is 35.5. The molecule has 0 saturated heterocycles. The first kappa shape index (κ1) is 12.0. The van der Waals surface area contributed by atoms with Crippen LogP contribution in [0.3, 0.4) is 0 Å². The van der Waals surface area contributed by atoms with Crippen LogP contribution in [0.4, 0.5) is 0 Å². The van der Waals surface area contributed by atoms with Gasteiger partial charge < -0.3 is 10.6 Å². The summed E-state index contributed by atoms with van der Waals surface area (Å²) in [5, 5.41) is 6.66. The molecule has 0 aromatic carbocycles. The van der Waals surface area contributed by atoms with E-state index in [2.05, 4.69) is 10.6 Å². The number of hydrogen-bond donors (Lipinski definition) is 2. The van der Waals surface area contributed by atoms with E-state index in [0.29, 0.717) is 20.3 Å². The fourth-order valence-corrected chi connectivity index (χ4v) is 2.60. The van der Waals surface area contributed by atoms with Crippen molar-refractivity contribution < 1.29 is 0 Å². The van der Waals surface area contributed by atoms with Crippen molar-refractivity contribution in [2.75, 3.05) is 6.54 Å². The minimum atomic E-state index is 0.605. The SMILES string of the molecule is CCNC(=S)NCc1cc(Cl)sc1Cl. The Labute approximate surface area is 103 Å². The molecule has 2 nitrogen and oxygen atoms in total. The average Bonchev–Trinajstić information content (AvgIpc) is 2.42. The standard InChI is InChI=1S/C8H10Cl2N2S2/c1-2-11-8(13)12-4-5-3-6(9)14-7(5)10/h3H,2,4H2,1H3,(H2,11,12,13). The number of nitrogens with one attached hydrogen (secondary N) is 2. The molecular formula is C8H10Cl2N2S2. The molecule has 0 atom stereocenters. The van der Waals surface area contributed by atoms with Gasteiger partial charge >= 0.3 is 0 Å². The van der Waals surface area contributed by atoms with E-state index in [1.54, 1.807) is 0 Å². The minimum absolute atomic E-state index is 0.605. The molecule has 0 bridgehead atoms. The van der Waals surface area contributed by atoms with E-state index in [9.17, 15) is 0 Å². The van der Waals surface area contributed by atoms with E-state index in [4.69, 9.17) is 35.4 Å². The lowest BCUT2D eigenvalue weighted by Gasteiger charge is -2.07. The smallest absolute Gasteiger partial charge is 0.166 e. The molecule has 2 N–H and O–H groups in total. The molecule has 0 unspecified atom stereocenters. The summed E-state index contributed by atoms with van der Waals surface area (Å²) >= 11 is 18.1. The Morgan fingerprint density at radius 2 is 2.21 bits per heavy atom. The van der Waals surface area contributed by atoms with Gasteiger partial charge in [-0.1, -0.05) is 23.2 Å². The highest BCUT2D eigenvalue weighted by Crippen LogP contribution is 2.30. The molecule has 0 aliphatic heterocycles. The van der Waals surface area contributed by atoms with Crippen LogP contribution in [0.25, 0.3) is 0 Å². The zero-order valence-electron chi connectivity index (χ0n) is 7.56. The number of halogens is 2. The van der Waals surface area contributed by atoms with Crippen LogP contribution in [0.5, 0.6) is 0 Å². The van der Waals surface area contributed by atoms with Gasteiger partial charge in [-0.15, -0.1) is 11.3 Å². The van der Waals surface area contributed by atoms with Gasteiger partial charge in [-0.05, 0) is 25.2 Å². The normalized spacial score (nSPS) is 9.93. The van der Waals surface area contributed by atoms with Gasteiger partial charge in [-0.3, -0.25) is 0 Å². The summed E-state index contributed by atoms with van der Waals surface area (Å²) in [6.45, 7) is 3.40. The van der Waals surface area contributed by atoms with Gasteiger partial charge in [0.05, 0.1) is 8.67 Å². The predicted molar refractivity (Wildman–Crippen MR) is 67.5 cm³/mol. The second kappa shape index (κ2) is 5.75. The topological polar surface area (TPSA) is 24.1 Å². The fraction of sp³-hybridized carbons (Fsp3) is 0.375. The molecule has 0 spiro atoms. The van der Waals surface area contributed by atoms with Crippen molar-refractivity contribution in [1.29, 1.82) is 0 Å². The largest absolute Gasteiger partial charge is 0.363 e. The van der Waals surface area contributed by atoms with Crippen LogP contribution in [-0.2, 0) is 6.54 Å². The molecule has 1 rings (SSSR count). The third kappa shape index (κ3) is 3.61. The second-order valence-corrected chi connectivity index (χ2v) is 5.26. The van der Waals surface area contributed by atoms with E-state index in [1.165, 1.54) is 11.3 Å². The van der Waals surface area contributed by atoms with Crippen molar-refractivity contribution in [3.63, 3.8) is 0 Å². The Bertz CT molecular complexity index is 325. The predicted octanol–water partition coefficient (Wildman–Crippen LogP) is 3.04. The lowest BCUT2D eigenvalue weighted by molar-refractivity contribution is 0.857. The van der Waals surface area contributed by atoms with Crippen LogP contribution < -0.4 is 10.6 Å². The van der Waals surface area contributed by atoms with Crippen molar-refractivity contribution >= 4 is 51.9 Å². The third-order valence-corrected chi connectivity index (χ3v) is 3.36. The first-order valence-corrected chi connectivity index (χ1v) is 6.07. The number of rotatable bonds is 3. The summed E-state index contributed by atoms with van der Waals surface area (Å²) in [6, 6.07) is 1.84. The summed E-state index contributed by atoms with van der Waals surface area (Å²) in [4.78, 5) is 0. The van der Waals surface area contributed by atoms with Gasteiger partial charge in [0.1, 0.15) is 0 Å². The quantitative estimate of drug-likeness (QED) is 0.825. The van der Waals surface area contributed by atoms with Crippen LogP contribution >= 0.6 is 46.8 Å². The second-order valence-electron chi connectivity index (χ2n) is 2.56. The molecule has 0 amide bonds. The number of thiocarbonyl (C=S) groups is 1. The molecule has 78 valence electrons. The lowest BCUT2D eigenvalue weighted by atomic mass is 10.3. The Morgan fingerprint density at radius 3 is 2.71 bits per heavy atom. The summed E-state index contributed by atoms with van der Waals surface area (Å²) in [7, 11) is 0. The van der Waals surface area contributed by atoms with Gasteiger partial charge in [0.25, 0.3) is 0 Å². The van der Waals surface area contributed by atoms with Crippen molar-refractivity contribution in [3.05, 3.63) is 20.3 Å². The molecule has 0 aliphatic rings. The maximum Gasteiger partial charge on any atom is 0.166 e. The van der Waals surface area contributed by atoms with E-state index in [0.717, 1.165) is 12.1 Å². The van der Waals surface area contributed by atoms with Crippen LogP contribution in [0.2, 0.25) is 8.67 Å². The minimum Gasteiger partial charge on any atom is -0.363 e. The Balaban J connectivity index is 2.45. The molecule has 0 radical (unpaired) electrons. The van der Waals surface area contributed by atoms with Crippen molar-refractivity contribution in [1.82, 2.24) is 10.6 Å². The van der Waals surface area contributed by atoms with Crippen LogP contribution in [-0.4, -0.2) is 11.7 Å². The molecule has 6 heteroatoms. The van der Waals surface area contributed by atoms with Crippen LogP contribution in [0, 0.1) is 0 Å². The molecule has 0 saturated carbocycles. The molecule has 1 heterocycles. The zero-order valence-corrected chi connectivity index (χ0v) is 10.7. The molecular weight excluding hydrogens is 259 g/mol. The van der Waals surface area contributed by atoms with E-state index in [-0.39, 0.29) is 0 Å². The molecule has 1 aromatic heterocycles. The maximum absolute atomic E-state index is 5.94. The first-order chi connectivity index (χ1) is 6.63. The third-order valence-electron chi connectivity index (χ3n) is 1.50. The summed E-state index contributed by atoms with van der Waals surface area (Å²) < 4.78 is 1.41. The van der Waals surface area contributed by atoms with Gasteiger partial charge in [0.15, 0.2) is 5.11 Å². The number of hydrogen-bond acceptors (Lipinski definition) is 2. The van der Waals surface area contributed by atoms with Crippen molar-refractivity contribution in [2.45, 2.75) is 13.5 Å². The summed E-state index contributed by atoms with van der Waals surface area (Å²) in [5.41, 5.74) is 0.974. The average molecular weight is 269 g/mol. The van der Waals surface area contributed by atoms with E-state index in [1.807, 2.05) is 13.0 Å². The Kier molecular flexibility index (Phi) is 4.95. The fourth-order valence-electron chi connectivity index (χ4n) is 0.893. The first-order valence-electron chi connectivity index (χ1n) is 4.09. The summed E-state index contributed by atoms with van der Waals surface area (Å²) in [6.07, 6.45) is 0. The van der Waals surface area contributed by atoms with Crippen molar-refractivity contribution in [2.24, 2.45) is 0 Å².